The predicted octanol–water partition coefficient (Wildman–Crippen LogP) is 3.60. The molecule has 0 saturated heterocycles. The van der Waals surface area contributed by atoms with Crippen LogP contribution in [0.25, 0.3) is 0 Å². The molecule has 5 heteroatoms. The van der Waals surface area contributed by atoms with Crippen molar-refractivity contribution >= 4 is 28.7 Å². The van der Waals surface area contributed by atoms with Crippen molar-refractivity contribution in [1.29, 1.82) is 0 Å². The van der Waals surface area contributed by atoms with Crippen LogP contribution >= 0.6 is 22.9 Å². The van der Waals surface area contributed by atoms with Crippen molar-refractivity contribution in [3.05, 3.63) is 50.7 Å². The normalized spacial score (nSPS) is 10.6. The molecule has 2 nitrogen and oxygen atoms in total. The monoisotopic (exact) mass is 283 g/mol. The molecule has 0 saturated carbocycles. The molecule has 0 aliphatic heterocycles. The molecule has 0 spiro atoms. The van der Waals surface area contributed by atoms with Gasteiger partial charge < -0.3 is 0 Å². The maximum atomic E-state index is 13.4. The summed E-state index contributed by atoms with van der Waals surface area (Å²) in [6, 6.07) is 4.23. The van der Waals surface area contributed by atoms with E-state index in [-0.39, 0.29) is 18.6 Å². The number of aryl methyl sites for hydroxylation is 1. The number of nitrogens with zero attached hydrogens (tertiary/aromatic N) is 1. The second-order valence-corrected chi connectivity index (χ2v) is 5.39. The highest BCUT2D eigenvalue weighted by atomic mass is 35.5. The fraction of sp³-hybridized carbons (Fsp3) is 0.231. The molecule has 0 radical (unpaired) electrons. The Morgan fingerprint density at radius 3 is 2.89 bits per heavy atom. The minimum atomic E-state index is -0.400. The molecule has 2 aromatic rings. The van der Waals surface area contributed by atoms with Gasteiger partial charge in [0.05, 0.1) is 6.42 Å². The molecule has 0 N–H and O–H groups in total. The second kappa shape index (κ2) is 5.59. The SMILES string of the molecule is Cc1csc(CC(=O)Cc2cc(Cl)ccc2F)n1. The summed E-state index contributed by atoms with van der Waals surface area (Å²) in [7, 11) is 0. The van der Waals surface area contributed by atoms with Crippen LogP contribution in [0.3, 0.4) is 0 Å². The summed E-state index contributed by atoms with van der Waals surface area (Å²) in [6.45, 7) is 1.88. The summed E-state index contributed by atoms with van der Waals surface area (Å²) in [5.74, 6) is -0.464. The van der Waals surface area contributed by atoms with Gasteiger partial charge in [-0.3, -0.25) is 4.79 Å². The Bertz CT molecular complexity index is 582. The molecule has 0 fully saturated rings. The number of hydrogen-bond acceptors (Lipinski definition) is 3. The zero-order valence-corrected chi connectivity index (χ0v) is 11.3. The molecule has 0 atom stereocenters. The smallest absolute Gasteiger partial charge is 0.144 e. The van der Waals surface area contributed by atoms with Crippen molar-refractivity contribution in [2.75, 3.05) is 0 Å². The van der Waals surface area contributed by atoms with Crippen LogP contribution in [0.1, 0.15) is 16.3 Å². The molecular formula is C13H11ClFNOS. The molecular weight excluding hydrogens is 273 g/mol. The summed E-state index contributed by atoms with van der Waals surface area (Å²) in [6.07, 6.45) is 0.287. The predicted molar refractivity (Wildman–Crippen MR) is 70.7 cm³/mol. The van der Waals surface area contributed by atoms with E-state index >= 15 is 0 Å². The number of ketones is 1. The first-order valence-electron chi connectivity index (χ1n) is 5.41. The van der Waals surface area contributed by atoms with Crippen molar-refractivity contribution in [1.82, 2.24) is 4.98 Å². The van der Waals surface area contributed by atoms with Gasteiger partial charge in [-0.2, -0.15) is 0 Å². The summed E-state index contributed by atoms with van der Waals surface area (Å²) < 4.78 is 13.4. The lowest BCUT2D eigenvalue weighted by Crippen LogP contribution is -2.07. The van der Waals surface area contributed by atoms with Crippen molar-refractivity contribution in [2.24, 2.45) is 0 Å². The average molecular weight is 284 g/mol. The Balaban J connectivity index is 2.05. The Morgan fingerprint density at radius 1 is 1.44 bits per heavy atom. The van der Waals surface area contributed by atoms with Crippen LogP contribution in [0.4, 0.5) is 4.39 Å². The van der Waals surface area contributed by atoms with Gasteiger partial charge in [-0.25, -0.2) is 9.37 Å². The topological polar surface area (TPSA) is 30.0 Å². The zero-order chi connectivity index (χ0) is 13.1. The van der Waals surface area contributed by atoms with E-state index in [1.807, 2.05) is 12.3 Å². The van der Waals surface area contributed by atoms with E-state index < -0.39 is 5.82 Å². The molecule has 1 aromatic carbocycles. The van der Waals surface area contributed by atoms with Crippen LogP contribution in [0.2, 0.25) is 5.02 Å². The van der Waals surface area contributed by atoms with E-state index in [1.54, 1.807) is 0 Å². The molecule has 0 aliphatic rings. The minimum absolute atomic E-state index is 0.0466. The van der Waals surface area contributed by atoms with E-state index in [0.717, 1.165) is 10.7 Å². The first kappa shape index (κ1) is 13.2. The van der Waals surface area contributed by atoms with Gasteiger partial charge >= 0.3 is 0 Å². The van der Waals surface area contributed by atoms with Gasteiger partial charge in [0.2, 0.25) is 0 Å². The molecule has 1 heterocycles. The Hall–Kier alpha value is -1.26. The first-order valence-corrected chi connectivity index (χ1v) is 6.67. The fourth-order valence-electron chi connectivity index (χ4n) is 1.61. The van der Waals surface area contributed by atoms with Crippen LogP contribution in [-0.4, -0.2) is 10.8 Å². The van der Waals surface area contributed by atoms with Crippen LogP contribution in [0, 0.1) is 12.7 Å². The third-order valence-electron chi connectivity index (χ3n) is 2.41. The lowest BCUT2D eigenvalue weighted by molar-refractivity contribution is -0.117. The number of rotatable bonds is 4. The Kier molecular flexibility index (Phi) is 4.09. The largest absolute Gasteiger partial charge is 0.299 e. The van der Waals surface area contributed by atoms with Gasteiger partial charge in [-0.05, 0) is 30.7 Å². The zero-order valence-electron chi connectivity index (χ0n) is 9.74. The number of carbonyl (C=O) groups is 1. The molecule has 0 unspecified atom stereocenters. The van der Waals surface area contributed by atoms with Crippen LogP contribution in [-0.2, 0) is 17.6 Å². The third-order valence-corrected chi connectivity index (χ3v) is 3.61. The fourth-order valence-corrected chi connectivity index (χ4v) is 2.60. The highest BCUT2D eigenvalue weighted by Crippen LogP contribution is 2.17. The highest BCUT2D eigenvalue weighted by Gasteiger charge is 2.11. The second-order valence-electron chi connectivity index (χ2n) is 4.01. The number of hydrogen-bond donors (Lipinski definition) is 0. The summed E-state index contributed by atoms with van der Waals surface area (Å²) >= 11 is 7.22. The Labute approximate surface area is 113 Å². The molecule has 0 amide bonds. The lowest BCUT2D eigenvalue weighted by atomic mass is 10.1. The average Bonchev–Trinajstić information content (AvgIpc) is 2.69. The van der Waals surface area contributed by atoms with Crippen LogP contribution in [0.5, 0.6) is 0 Å². The third kappa shape index (κ3) is 3.37. The van der Waals surface area contributed by atoms with Gasteiger partial charge in [0, 0.05) is 22.5 Å². The minimum Gasteiger partial charge on any atom is -0.299 e. The van der Waals surface area contributed by atoms with Gasteiger partial charge in [0.1, 0.15) is 16.6 Å². The maximum Gasteiger partial charge on any atom is 0.144 e. The van der Waals surface area contributed by atoms with E-state index in [0.29, 0.717) is 10.6 Å². The number of aromatic nitrogens is 1. The van der Waals surface area contributed by atoms with Gasteiger partial charge in [-0.15, -0.1) is 11.3 Å². The van der Waals surface area contributed by atoms with E-state index in [9.17, 15) is 9.18 Å². The Morgan fingerprint density at radius 2 is 2.22 bits per heavy atom. The van der Waals surface area contributed by atoms with Crippen molar-refractivity contribution in [3.63, 3.8) is 0 Å². The van der Waals surface area contributed by atoms with Gasteiger partial charge in [0.25, 0.3) is 0 Å². The molecule has 2 rings (SSSR count). The number of halogens is 2. The quantitative estimate of drug-likeness (QED) is 0.858. The number of carbonyl (C=O) groups excluding carboxylic acids is 1. The number of thiazole rings is 1. The van der Waals surface area contributed by atoms with Crippen molar-refractivity contribution in [3.8, 4) is 0 Å². The summed E-state index contributed by atoms with van der Waals surface area (Å²) in [5, 5.41) is 3.09. The molecule has 18 heavy (non-hydrogen) atoms. The van der Waals surface area contributed by atoms with Gasteiger partial charge in [-0.1, -0.05) is 11.6 Å². The molecule has 94 valence electrons. The maximum absolute atomic E-state index is 13.4. The van der Waals surface area contributed by atoms with Gasteiger partial charge in [0.15, 0.2) is 0 Å². The summed E-state index contributed by atoms with van der Waals surface area (Å²) in [4.78, 5) is 16.0. The first-order chi connectivity index (χ1) is 8.54. The summed E-state index contributed by atoms with van der Waals surface area (Å²) in [5.41, 5.74) is 1.23. The van der Waals surface area contributed by atoms with Crippen molar-refractivity contribution in [2.45, 2.75) is 19.8 Å². The van der Waals surface area contributed by atoms with Crippen LogP contribution < -0.4 is 0 Å². The molecule has 0 bridgehead atoms. The van der Waals surface area contributed by atoms with E-state index in [1.165, 1.54) is 29.5 Å². The molecule has 0 aliphatic carbocycles. The van der Waals surface area contributed by atoms with E-state index in [4.69, 9.17) is 11.6 Å². The lowest BCUT2D eigenvalue weighted by Gasteiger charge is -2.02. The molecule has 1 aromatic heterocycles. The standard InChI is InChI=1S/C13H11ClFNOS/c1-8-7-18-13(16-8)6-11(17)5-9-4-10(14)2-3-12(9)15/h2-4,7H,5-6H2,1H3. The highest BCUT2D eigenvalue weighted by molar-refractivity contribution is 7.09. The number of Topliss-reactive ketones (excluding diaryl/α,β-unsaturated/α-hetero) is 1. The number of benzene rings is 1. The van der Waals surface area contributed by atoms with Crippen molar-refractivity contribution < 1.29 is 9.18 Å². The van der Waals surface area contributed by atoms with E-state index in [2.05, 4.69) is 4.98 Å². The van der Waals surface area contributed by atoms with Crippen LogP contribution in [0.15, 0.2) is 23.6 Å².